The molecule has 1 aromatic carbocycles. The number of carbonyl (C=O) groups is 1. The van der Waals surface area contributed by atoms with Gasteiger partial charge in [-0.05, 0) is 24.5 Å². The minimum absolute atomic E-state index is 0.0316. The van der Waals surface area contributed by atoms with Crippen molar-refractivity contribution < 1.29 is 4.79 Å². The Morgan fingerprint density at radius 2 is 2.27 bits per heavy atom. The molecule has 1 amide bonds. The van der Waals surface area contributed by atoms with Crippen molar-refractivity contribution in [3.05, 3.63) is 29.8 Å². The summed E-state index contributed by atoms with van der Waals surface area (Å²) in [4.78, 5) is 13.7. The maximum atomic E-state index is 11.9. The number of anilines is 1. The fourth-order valence-electron chi connectivity index (χ4n) is 1.91. The molecule has 15 heavy (non-hydrogen) atoms. The van der Waals surface area contributed by atoms with Crippen LogP contribution in [0.1, 0.15) is 18.9 Å². The van der Waals surface area contributed by atoms with E-state index in [2.05, 4.69) is 6.07 Å². The average Bonchev–Trinajstić information content (AvgIpc) is 2.70. The molecule has 1 heterocycles. The number of rotatable bonds is 2. The first kappa shape index (κ1) is 10.5. The van der Waals surface area contributed by atoms with E-state index in [4.69, 9.17) is 11.6 Å². The van der Waals surface area contributed by atoms with Crippen LogP contribution >= 0.6 is 11.6 Å². The van der Waals surface area contributed by atoms with E-state index in [9.17, 15) is 4.79 Å². The highest BCUT2D eigenvalue weighted by Crippen LogP contribution is 2.28. The number of fused-ring (bicyclic) bond motifs is 1. The van der Waals surface area contributed by atoms with Gasteiger partial charge >= 0.3 is 0 Å². The number of nitrogens with zero attached hydrogens (tertiary/aromatic N) is 1. The Morgan fingerprint density at radius 1 is 1.53 bits per heavy atom. The monoisotopic (exact) mass is 223 g/mol. The first-order valence-electron chi connectivity index (χ1n) is 5.27. The van der Waals surface area contributed by atoms with Gasteiger partial charge < -0.3 is 4.90 Å². The van der Waals surface area contributed by atoms with Gasteiger partial charge in [0.15, 0.2) is 0 Å². The standard InChI is InChI=1S/C12H14ClNO/c1-2-10(13)12(15)14-8-7-9-5-3-4-6-11(9)14/h3-6,10H,2,7-8H2,1H3. The molecule has 3 heteroatoms. The van der Waals surface area contributed by atoms with Crippen LogP contribution in [-0.4, -0.2) is 17.8 Å². The number of alkyl halides is 1. The molecule has 80 valence electrons. The van der Waals surface area contributed by atoms with Crippen molar-refractivity contribution in [3.8, 4) is 0 Å². The van der Waals surface area contributed by atoms with Gasteiger partial charge in [0.1, 0.15) is 5.38 Å². The summed E-state index contributed by atoms with van der Waals surface area (Å²) >= 11 is 5.97. The van der Waals surface area contributed by atoms with Crippen molar-refractivity contribution in [2.24, 2.45) is 0 Å². The lowest BCUT2D eigenvalue weighted by atomic mass is 10.2. The lowest BCUT2D eigenvalue weighted by Crippen LogP contribution is -2.35. The van der Waals surface area contributed by atoms with Gasteiger partial charge in [-0.3, -0.25) is 4.79 Å². The molecule has 0 N–H and O–H groups in total. The fourth-order valence-corrected chi connectivity index (χ4v) is 2.03. The van der Waals surface area contributed by atoms with Gasteiger partial charge in [-0.1, -0.05) is 25.1 Å². The number of halogens is 1. The maximum absolute atomic E-state index is 11.9. The molecule has 0 fully saturated rings. The molecular formula is C12H14ClNO. The summed E-state index contributed by atoms with van der Waals surface area (Å²) < 4.78 is 0. The zero-order valence-electron chi connectivity index (χ0n) is 8.74. The van der Waals surface area contributed by atoms with E-state index in [1.54, 1.807) is 4.90 Å². The average molecular weight is 224 g/mol. The molecule has 1 aliphatic heterocycles. The van der Waals surface area contributed by atoms with E-state index < -0.39 is 5.38 Å². The first-order valence-corrected chi connectivity index (χ1v) is 5.71. The second kappa shape index (κ2) is 4.23. The van der Waals surface area contributed by atoms with Crippen molar-refractivity contribution in [2.45, 2.75) is 25.1 Å². The van der Waals surface area contributed by atoms with E-state index in [1.807, 2.05) is 25.1 Å². The zero-order valence-corrected chi connectivity index (χ0v) is 9.50. The summed E-state index contributed by atoms with van der Waals surface area (Å²) in [5, 5.41) is -0.392. The van der Waals surface area contributed by atoms with Crippen LogP contribution in [0.5, 0.6) is 0 Å². The Bertz CT molecular complexity index is 378. The molecule has 0 saturated heterocycles. The number of amides is 1. The van der Waals surface area contributed by atoms with Crippen LogP contribution in [0.25, 0.3) is 0 Å². The van der Waals surface area contributed by atoms with Gasteiger partial charge in [0, 0.05) is 12.2 Å². The summed E-state index contributed by atoms with van der Waals surface area (Å²) in [5.41, 5.74) is 2.27. The lowest BCUT2D eigenvalue weighted by molar-refractivity contribution is -0.118. The number of hydrogen-bond acceptors (Lipinski definition) is 1. The van der Waals surface area contributed by atoms with Crippen molar-refractivity contribution >= 4 is 23.2 Å². The molecule has 2 rings (SSSR count). The van der Waals surface area contributed by atoms with Crippen molar-refractivity contribution in [2.75, 3.05) is 11.4 Å². The lowest BCUT2D eigenvalue weighted by Gasteiger charge is -2.19. The van der Waals surface area contributed by atoms with E-state index in [0.29, 0.717) is 6.42 Å². The molecule has 2 nitrogen and oxygen atoms in total. The summed E-state index contributed by atoms with van der Waals surface area (Å²) in [6.07, 6.45) is 1.62. The summed E-state index contributed by atoms with van der Waals surface area (Å²) in [6, 6.07) is 8.02. The van der Waals surface area contributed by atoms with Crippen molar-refractivity contribution in [1.29, 1.82) is 0 Å². The molecule has 1 unspecified atom stereocenters. The first-order chi connectivity index (χ1) is 7.24. The summed E-state index contributed by atoms with van der Waals surface area (Å²) in [6.45, 7) is 2.69. The molecular weight excluding hydrogens is 210 g/mol. The van der Waals surface area contributed by atoms with Gasteiger partial charge in [-0.2, -0.15) is 0 Å². The van der Waals surface area contributed by atoms with Gasteiger partial charge in [0.25, 0.3) is 0 Å². The SMILES string of the molecule is CCC(Cl)C(=O)N1CCc2ccccc21. The minimum Gasteiger partial charge on any atom is -0.311 e. The fraction of sp³-hybridized carbons (Fsp3) is 0.417. The highest BCUT2D eigenvalue weighted by atomic mass is 35.5. The summed E-state index contributed by atoms with van der Waals surface area (Å²) in [7, 11) is 0. The van der Waals surface area contributed by atoms with Crippen LogP contribution in [0.3, 0.4) is 0 Å². The van der Waals surface area contributed by atoms with Crippen LogP contribution in [0, 0.1) is 0 Å². The van der Waals surface area contributed by atoms with Crippen LogP contribution in [0.2, 0.25) is 0 Å². The predicted octanol–water partition coefficient (Wildman–Crippen LogP) is 2.59. The Hall–Kier alpha value is -1.02. The predicted molar refractivity (Wildman–Crippen MR) is 62.4 cm³/mol. The number of para-hydroxylation sites is 1. The minimum atomic E-state index is -0.392. The Balaban J connectivity index is 2.24. The third-order valence-corrected chi connectivity index (χ3v) is 3.27. The third-order valence-electron chi connectivity index (χ3n) is 2.78. The second-order valence-corrected chi connectivity index (χ2v) is 4.27. The molecule has 0 spiro atoms. The topological polar surface area (TPSA) is 20.3 Å². The molecule has 0 radical (unpaired) electrons. The second-order valence-electron chi connectivity index (χ2n) is 3.74. The number of carbonyl (C=O) groups excluding carboxylic acids is 1. The van der Waals surface area contributed by atoms with Crippen molar-refractivity contribution in [1.82, 2.24) is 0 Å². The Kier molecular flexibility index (Phi) is 2.96. The van der Waals surface area contributed by atoms with Gasteiger partial charge in [0.2, 0.25) is 5.91 Å². The van der Waals surface area contributed by atoms with Crippen LogP contribution < -0.4 is 4.90 Å². The Labute approximate surface area is 94.8 Å². The van der Waals surface area contributed by atoms with E-state index >= 15 is 0 Å². The maximum Gasteiger partial charge on any atom is 0.245 e. The highest BCUT2D eigenvalue weighted by Gasteiger charge is 2.27. The van der Waals surface area contributed by atoms with Gasteiger partial charge in [-0.25, -0.2) is 0 Å². The molecule has 0 saturated carbocycles. The largest absolute Gasteiger partial charge is 0.311 e. The van der Waals surface area contributed by atoms with Gasteiger partial charge in [-0.15, -0.1) is 11.6 Å². The zero-order chi connectivity index (χ0) is 10.8. The quantitative estimate of drug-likeness (QED) is 0.706. The van der Waals surface area contributed by atoms with Crippen molar-refractivity contribution in [3.63, 3.8) is 0 Å². The smallest absolute Gasteiger partial charge is 0.245 e. The van der Waals surface area contributed by atoms with E-state index in [-0.39, 0.29) is 5.91 Å². The molecule has 1 aromatic rings. The van der Waals surface area contributed by atoms with Crippen LogP contribution in [-0.2, 0) is 11.2 Å². The molecule has 0 bridgehead atoms. The molecule has 1 atom stereocenters. The Morgan fingerprint density at radius 3 is 3.00 bits per heavy atom. The number of benzene rings is 1. The summed E-state index contributed by atoms with van der Waals surface area (Å²) in [5.74, 6) is 0.0316. The molecule has 0 aliphatic carbocycles. The molecule has 0 aromatic heterocycles. The van der Waals surface area contributed by atoms with Crippen LogP contribution in [0.4, 0.5) is 5.69 Å². The van der Waals surface area contributed by atoms with Crippen LogP contribution in [0.15, 0.2) is 24.3 Å². The highest BCUT2D eigenvalue weighted by molar-refractivity contribution is 6.32. The number of hydrogen-bond donors (Lipinski definition) is 0. The molecule has 1 aliphatic rings. The third kappa shape index (κ3) is 1.86. The van der Waals surface area contributed by atoms with E-state index in [0.717, 1.165) is 18.7 Å². The van der Waals surface area contributed by atoms with E-state index in [1.165, 1.54) is 5.56 Å². The van der Waals surface area contributed by atoms with Gasteiger partial charge in [0.05, 0.1) is 0 Å². The normalized spacial score (nSPS) is 16.3.